The molecule has 0 amide bonds. The van der Waals surface area contributed by atoms with Crippen LogP contribution < -0.4 is 5.14 Å². The van der Waals surface area contributed by atoms with E-state index in [9.17, 15) is 44.7 Å². The van der Waals surface area contributed by atoms with Crippen molar-refractivity contribution in [2.24, 2.45) is 17.0 Å². The minimum Gasteiger partial charge on any atom is -0.393 e. The number of alkyl halides is 6. The van der Waals surface area contributed by atoms with Crippen LogP contribution in [0.15, 0.2) is 49.2 Å². The zero-order chi connectivity index (χ0) is 30.2. The lowest BCUT2D eigenvalue weighted by molar-refractivity contribution is -0.143. The molecule has 0 saturated heterocycles. The summed E-state index contributed by atoms with van der Waals surface area (Å²) in [5.74, 6) is -1.19. The summed E-state index contributed by atoms with van der Waals surface area (Å²) in [6.45, 7) is -0.656. The van der Waals surface area contributed by atoms with Crippen LogP contribution in [0.25, 0.3) is 0 Å². The fourth-order valence-corrected chi connectivity index (χ4v) is 5.24. The van der Waals surface area contributed by atoms with E-state index in [1.54, 1.807) is 0 Å². The largest absolute Gasteiger partial charge is 0.416 e. The van der Waals surface area contributed by atoms with Crippen molar-refractivity contribution < 1.29 is 48.8 Å². The van der Waals surface area contributed by atoms with Crippen LogP contribution in [-0.2, 0) is 39.8 Å². The van der Waals surface area contributed by atoms with Crippen LogP contribution in [0.3, 0.4) is 0 Å². The van der Waals surface area contributed by atoms with E-state index in [1.807, 2.05) is 0 Å². The highest BCUT2D eigenvalue weighted by Crippen LogP contribution is 2.37. The van der Waals surface area contributed by atoms with Gasteiger partial charge in [-0.2, -0.15) is 34.8 Å². The fourth-order valence-electron chi connectivity index (χ4n) is 4.87. The summed E-state index contributed by atoms with van der Waals surface area (Å²) in [5, 5.41) is 15.1. The van der Waals surface area contributed by atoms with Crippen molar-refractivity contribution in [3.8, 4) is 0 Å². The summed E-state index contributed by atoms with van der Waals surface area (Å²) in [6.07, 6.45) is -4.73. The first-order chi connectivity index (χ1) is 19.0. The molecule has 1 saturated carbocycles. The number of halogens is 6. The second-order valence-electron chi connectivity index (χ2n) is 9.85. The Kier molecular flexibility index (Phi) is 8.59. The quantitative estimate of drug-likeness (QED) is 0.280. The van der Waals surface area contributed by atoms with Crippen LogP contribution in [0, 0.1) is 11.8 Å². The zero-order valence-electron chi connectivity index (χ0n) is 21.1. The Hall–Kier alpha value is -3.34. The van der Waals surface area contributed by atoms with E-state index in [1.165, 1.54) is 35.6 Å². The number of carbonyl (C=O) groups is 1. The molecule has 222 valence electrons. The van der Waals surface area contributed by atoms with Gasteiger partial charge in [0.15, 0.2) is 5.78 Å². The minimum atomic E-state index is -4.98. The summed E-state index contributed by atoms with van der Waals surface area (Å²) < 4.78 is 107. The summed E-state index contributed by atoms with van der Waals surface area (Å²) >= 11 is 0. The van der Waals surface area contributed by atoms with Gasteiger partial charge in [-0.05, 0) is 55.0 Å². The van der Waals surface area contributed by atoms with Crippen molar-refractivity contribution >= 4 is 16.1 Å². The number of carbonyl (C=O) groups excluding carboxylic acids is 1. The number of hydrogen-bond donors (Lipinski definition) is 2. The smallest absolute Gasteiger partial charge is 0.393 e. The lowest BCUT2D eigenvalue weighted by Gasteiger charge is -2.14. The van der Waals surface area contributed by atoms with Gasteiger partial charge in [-0.25, -0.2) is 15.1 Å². The van der Waals surface area contributed by atoms with Gasteiger partial charge in [-0.3, -0.25) is 8.98 Å². The van der Waals surface area contributed by atoms with Gasteiger partial charge in [0, 0.05) is 36.6 Å². The Morgan fingerprint density at radius 2 is 1.76 bits per heavy atom. The van der Waals surface area contributed by atoms with Crippen LogP contribution in [-0.4, -0.2) is 46.6 Å². The molecule has 0 radical (unpaired) electrons. The van der Waals surface area contributed by atoms with Crippen molar-refractivity contribution in [2.75, 3.05) is 6.61 Å². The number of nitrogens with two attached hydrogens (primary N) is 1. The fraction of sp³-hybridized carbons (Fsp3) is 0.400. The standard InChI is InChI=1S/C25H24F6N4O5S/c26-24(27,28)18-4-15(5-19(8-18)25(29,30)31)10-35-2-1-16(11-35)23(37)20-9-33-13-34-21(20)6-14-3-17(22(36)7-14)12-40-41(32,38)39/h1-2,4-5,8-9,11,13-14,17,22,36H,3,6-7,10,12H2,(H2,32,38,39)/t14-,17+,22-/m0/s1. The zero-order valence-corrected chi connectivity index (χ0v) is 21.9. The Balaban J connectivity index is 1.50. The molecule has 4 rings (SSSR count). The van der Waals surface area contributed by atoms with Gasteiger partial charge >= 0.3 is 22.7 Å². The van der Waals surface area contributed by atoms with Crippen LogP contribution in [0.1, 0.15) is 51.1 Å². The first-order valence-electron chi connectivity index (χ1n) is 12.1. The van der Waals surface area contributed by atoms with Gasteiger partial charge in [-0.15, -0.1) is 0 Å². The molecular formula is C25H24F6N4O5S. The number of aliphatic hydroxyl groups is 1. The van der Waals surface area contributed by atoms with Gasteiger partial charge in [0.2, 0.25) is 0 Å². The van der Waals surface area contributed by atoms with Crippen molar-refractivity contribution in [3.63, 3.8) is 0 Å². The molecule has 16 heteroatoms. The number of nitrogens with zero attached hydrogens (tertiary/aromatic N) is 3. The Bertz CT molecular complexity index is 1490. The molecule has 1 aliphatic rings. The molecule has 0 aliphatic heterocycles. The van der Waals surface area contributed by atoms with Crippen LogP contribution in [0.2, 0.25) is 0 Å². The Morgan fingerprint density at radius 3 is 2.37 bits per heavy atom. The maximum Gasteiger partial charge on any atom is 0.416 e. The Morgan fingerprint density at radius 1 is 1.10 bits per heavy atom. The van der Waals surface area contributed by atoms with Gasteiger partial charge < -0.3 is 9.67 Å². The number of benzene rings is 1. The molecule has 0 bridgehead atoms. The number of aromatic nitrogens is 3. The maximum atomic E-state index is 13.3. The second-order valence-corrected chi connectivity index (χ2v) is 11.1. The molecule has 3 atom stereocenters. The minimum absolute atomic E-state index is 0.0454. The van der Waals surface area contributed by atoms with E-state index >= 15 is 0 Å². The second kappa shape index (κ2) is 11.5. The summed E-state index contributed by atoms with van der Waals surface area (Å²) in [6, 6.07) is 2.66. The SMILES string of the molecule is NS(=O)(=O)OC[C@H]1C[C@@H](Cc2ncncc2C(=O)c2ccn(Cc3cc(C(F)(F)F)cc(C(F)(F)F)c3)c2)C[C@@H]1O. The molecule has 0 spiro atoms. The summed E-state index contributed by atoms with van der Waals surface area (Å²) in [5.41, 5.74) is -2.54. The molecule has 3 N–H and O–H groups in total. The molecule has 2 heterocycles. The van der Waals surface area contributed by atoms with E-state index in [0.29, 0.717) is 30.7 Å². The molecule has 1 fully saturated rings. The van der Waals surface area contributed by atoms with Crippen molar-refractivity contribution in [2.45, 2.75) is 44.3 Å². The van der Waals surface area contributed by atoms with Crippen LogP contribution in [0.5, 0.6) is 0 Å². The van der Waals surface area contributed by atoms with Crippen molar-refractivity contribution in [3.05, 3.63) is 82.7 Å². The van der Waals surface area contributed by atoms with Crippen LogP contribution in [0.4, 0.5) is 26.3 Å². The molecule has 1 aliphatic carbocycles. The van der Waals surface area contributed by atoms with E-state index in [0.717, 1.165) is 0 Å². The molecule has 2 aromatic heterocycles. The summed E-state index contributed by atoms with van der Waals surface area (Å²) in [7, 11) is -4.17. The maximum absolute atomic E-state index is 13.3. The first-order valence-corrected chi connectivity index (χ1v) is 13.6. The number of hydrogen-bond acceptors (Lipinski definition) is 7. The van der Waals surface area contributed by atoms with Gasteiger partial charge in [-0.1, -0.05) is 0 Å². The van der Waals surface area contributed by atoms with Crippen LogP contribution >= 0.6 is 0 Å². The third-order valence-electron chi connectivity index (χ3n) is 6.75. The monoisotopic (exact) mass is 606 g/mol. The average molecular weight is 607 g/mol. The van der Waals surface area contributed by atoms with Gasteiger partial charge in [0.05, 0.1) is 35.1 Å². The highest BCUT2D eigenvalue weighted by Gasteiger charge is 2.37. The molecule has 3 aromatic rings. The Labute approximate surface area is 230 Å². The third kappa shape index (κ3) is 7.90. The topological polar surface area (TPSA) is 137 Å². The van der Waals surface area contributed by atoms with Gasteiger partial charge in [0.25, 0.3) is 0 Å². The highest BCUT2D eigenvalue weighted by atomic mass is 32.2. The number of rotatable bonds is 9. The molecule has 0 unspecified atom stereocenters. The van der Waals surface area contributed by atoms with E-state index in [-0.39, 0.29) is 48.2 Å². The lowest BCUT2D eigenvalue weighted by Crippen LogP contribution is -2.24. The predicted molar refractivity (Wildman–Crippen MR) is 130 cm³/mol. The number of aliphatic hydroxyl groups excluding tert-OH is 1. The summed E-state index contributed by atoms with van der Waals surface area (Å²) in [4.78, 5) is 21.4. The van der Waals surface area contributed by atoms with Crippen molar-refractivity contribution in [1.82, 2.24) is 14.5 Å². The first kappa shape index (κ1) is 30.6. The van der Waals surface area contributed by atoms with Gasteiger partial charge in [0.1, 0.15) is 6.33 Å². The van der Waals surface area contributed by atoms with E-state index in [4.69, 9.17) is 5.14 Å². The van der Waals surface area contributed by atoms with E-state index < -0.39 is 51.6 Å². The number of ketones is 1. The molecule has 41 heavy (non-hydrogen) atoms. The molecule has 1 aromatic carbocycles. The normalized spacial score (nSPS) is 20.0. The average Bonchev–Trinajstić information content (AvgIpc) is 3.47. The lowest BCUT2D eigenvalue weighted by atomic mass is 9.95. The molecular weight excluding hydrogens is 582 g/mol. The van der Waals surface area contributed by atoms with E-state index in [2.05, 4.69) is 14.2 Å². The highest BCUT2D eigenvalue weighted by molar-refractivity contribution is 7.84. The van der Waals surface area contributed by atoms with Crippen molar-refractivity contribution in [1.29, 1.82) is 0 Å². The third-order valence-corrected chi connectivity index (χ3v) is 7.21. The molecule has 9 nitrogen and oxygen atoms in total. The predicted octanol–water partition coefficient (Wildman–Crippen LogP) is 3.74.